The number of hydrogen-bond donors (Lipinski definition) is 0. The molecule has 4 aromatic rings. The summed E-state index contributed by atoms with van der Waals surface area (Å²) in [5, 5.41) is 13.0. The number of methoxy groups -OCH3 is 1. The summed E-state index contributed by atoms with van der Waals surface area (Å²) in [7, 11) is 3.75. The average molecular weight is 405 g/mol. The molecule has 1 fully saturated rings. The SMILES string of the molecule is COc1ccc(-n2nnc3cnc(Cc4cnn(C5CCN(C)CC5)c4)nc32)cn1. The summed E-state index contributed by atoms with van der Waals surface area (Å²) in [6.07, 6.45) is 10.3. The molecule has 0 unspecified atom stereocenters. The molecule has 0 bridgehead atoms. The van der Waals surface area contributed by atoms with E-state index < -0.39 is 0 Å². The van der Waals surface area contributed by atoms with Gasteiger partial charge in [-0.1, -0.05) is 5.21 Å². The third kappa shape index (κ3) is 3.61. The summed E-state index contributed by atoms with van der Waals surface area (Å²) >= 11 is 0. The first-order valence-electron chi connectivity index (χ1n) is 9.99. The van der Waals surface area contributed by atoms with Crippen LogP contribution in [0, 0.1) is 0 Å². The lowest BCUT2D eigenvalue weighted by atomic mass is 10.1. The third-order valence-corrected chi connectivity index (χ3v) is 5.50. The maximum atomic E-state index is 5.12. The maximum absolute atomic E-state index is 5.12. The molecule has 1 saturated heterocycles. The van der Waals surface area contributed by atoms with E-state index >= 15 is 0 Å². The lowest BCUT2D eigenvalue weighted by Crippen LogP contribution is -2.31. The Bertz CT molecular complexity index is 1140. The number of aromatic nitrogens is 8. The summed E-state index contributed by atoms with van der Waals surface area (Å²) in [4.78, 5) is 15.8. The van der Waals surface area contributed by atoms with Crippen LogP contribution < -0.4 is 4.74 Å². The quantitative estimate of drug-likeness (QED) is 0.494. The fraction of sp³-hybridized carbons (Fsp3) is 0.400. The standard InChI is InChI=1S/C20H23N9O/c1-27-7-5-15(6-8-27)28-13-14(10-23-28)9-18-21-12-17-20(24-18)29(26-25-17)16-3-4-19(30-2)22-11-16/h3-4,10-13,15H,5-9H2,1-2H3. The Morgan fingerprint density at radius 2 is 1.97 bits per heavy atom. The number of rotatable bonds is 5. The van der Waals surface area contributed by atoms with Gasteiger partial charge in [-0.25, -0.2) is 15.0 Å². The molecule has 4 aromatic heterocycles. The molecule has 5 heterocycles. The van der Waals surface area contributed by atoms with Crippen molar-refractivity contribution in [1.29, 1.82) is 0 Å². The van der Waals surface area contributed by atoms with Crippen LogP contribution in [0.15, 0.2) is 36.9 Å². The number of piperidine rings is 1. The Hall–Kier alpha value is -3.40. The van der Waals surface area contributed by atoms with E-state index in [2.05, 4.69) is 48.2 Å². The fourth-order valence-corrected chi connectivity index (χ4v) is 3.75. The molecule has 30 heavy (non-hydrogen) atoms. The van der Waals surface area contributed by atoms with Crippen LogP contribution in [0.3, 0.4) is 0 Å². The second-order valence-electron chi connectivity index (χ2n) is 7.59. The normalized spacial score (nSPS) is 15.7. The van der Waals surface area contributed by atoms with Gasteiger partial charge in [-0.3, -0.25) is 4.68 Å². The summed E-state index contributed by atoms with van der Waals surface area (Å²) in [6, 6.07) is 4.11. The number of nitrogens with zero attached hydrogens (tertiary/aromatic N) is 9. The summed E-state index contributed by atoms with van der Waals surface area (Å²) in [5.74, 6) is 1.25. The minimum atomic E-state index is 0.464. The van der Waals surface area contributed by atoms with Gasteiger partial charge in [-0.2, -0.15) is 9.78 Å². The first kappa shape index (κ1) is 18.6. The van der Waals surface area contributed by atoms with E-state index in [0.717, 1.165) is 37.2 Å². The van der Waals surface area contributed by atoms with Crippen LogP contribution in [0.4, 0.5) is 0 Å². The van der Waals surface area contributed by atoms with Gasteiger partial charge in [0.05, 0.1) is 37.4 Å². The number of likely N-dealkylation sites (tertiary alicyclic amines) is 1. The summed E-state index contributed by atoms with van der Waals surface area (Å²) in [6.45, 7) is 2.22. The van der Waals surface area contributed by atoms with Gasteiger partial charge in [0, 0.05) is 18.7 Å². The first-order valence-corrected chi connectivity index (χ1v) is 9.99. The highest BCUT2D eigenvalue weighted by Gasteiger charge is 2.19. The molecule has 0 N–H and O–H groups in total. The molecule has 0 saturated carbocycles. The third-order valence-electron chi connectivity index (χ3n) is 5.50. The molecule has 0 radical (unpaired) electrons. The Morgan fingerprint density at radius 1 is 1.10 bits per heavy atom. The second-order valence-corrected chi connectivity index (χ2v) is 7.59. The van der Waals surface area contributed by atoms with Crippen molar-refractivity contribution in [1.82, 2.24) is 44.6 Å². The van der Waals surface area contributed by atoms with Crippen molar-refractivity contribution in [3.63, 3.8) is 0 Å². The Labute approximate surface area is 173 Å². The molecule has 10 heteroatoms. The zero-order chi connectivity index (χ0) is 20.5. The van der Waals surface area contributed by atoms with Gasteiger partial charge in [-0.05, 0) is 44.6 Å². The molecule has 0 aliphatic carbocycles. The highest BCUT2D eigenvalue weighted by molar-refractivity contribution is 5.70. The van der Waals surface area contributed by atoms with Gasteiger partial charge >= 0.3 is 0 Å². The largest absolute Gasteiger partial charge is 0.481 e. The van der Waals surface area contributed by atoms with E-state index in [4.69, 9.17) is 9.72 Å². The topological polar surface area (TPSA) is 99.7 Å². The van der Waals surface area contributed by atoms with E-state index in [0.29, 0.717) is 35.3 Å². The van der Waals surface area contributed by atoms with Crippen molar-refractivity contribution in [2.24, 2.45) is 0 Å². The molecule has 0 spiro atoms. The number of ether oxygens (including phenoxy) is 1. The van der Waals surface area contributed by atoms with Gasteiger partial charge < -0.3 is 9.64 Å². The molecule has 0 atom stereocenters. The minimum absolute atomic E-state index is 0.464. The summed E-state index contributed by atoms with van der Waals surface area (Å²) < 4.78 is 8.87. The van der Waals surface area contributed by atoms with Gasteiger partial charge in [0.15, 0.2) is 11.2 Å². The zero-order valence-electron chi connectivity index (χ0n) is 17.0. The van der Waals surface area contributed by atoms with Gasteiger partial charge in [-0.15, -0.1) is 5.10 Å². The van der Waals surface area contributed by atoms with Gasteiger partial charge in [0.1, 0.15) is 5.82 Å². The maximum Gasteiger partial charge on any atom is 0.213 e. The molecule has 1 aliphatic heterocycles. The predicted octanol–water partition coefficient (Wildman–Crippen LogP) is 1.67. The van der Waals surface area contributed by atoms with Crippen molar-refractivity contribution >= 4 is 11.2 Å². The van der Waals surface area contributed by atoms with Gasteiger partial charge in [0.2, 0.25) is 5.88 Å². The highest BCUT2D eigenvalue weighted by atomic mass is 16.5. The Balaban J connectivity index is 1.37. The smallest absolute Gasteiger partial charge is 0.213 e. The van der Waals surface area contributed by atoms with Crippen LogP contribution in [0.5, 0.6) is 5.88 Å². The molecule has 10 nitrogen and oxygen atoms in total. The lowest BCUT2D eigenvalue weighted by Gasteiger charge is -2.28. The van der Waals surface area contributed by atoms with Crippen molar-refractivity contribution in [2.75, 3.05) is 27.2 Å². The molecular formula is C20H23N9O. The minimum Gasteiger partial charge on any atom is -0.481 e. The average Bonchev–Trinajstić information content (AvgIpc) is 3.41. The highest BCUT2D eigenvalue weighted by Crippen LogP contribution is 2.22. The molecule has 1 aliphatic rings. The van der Waals surface area contributed by atoms with E-state index in [1.807, 2.05) is 12.3 Å². The van der Waals surface area contributed by atoms with E-state index in [1.165, 1.54) is 0 Å². The van der Waals surface area contributed by atoms with Crippen LogP contribution in [0.2, 0.25) is 0 Å². The van der Waals surface area contributed by atoms with E-state index in [-0.39, 0.29) is 0 Å². The number of hydrogen-bond acceptors (Lipinski definition) is 8. The predicted molar refractivity (Wildman–Crippen MR) is 110 cm³/mol. The number of pyridine rings is 1. The Morgan fingerprint density at radius 3 is 2.73 bits per heavy atom. The molecule has 0 aromatic carbocycles. The van der Waals surface area contributed by atoms with Crippen molar-refractivity contribution in [2.45, 2.75) is 25.3 Å². The molecule has 5 rings (SSSR count). The first-order chi connectivity index (χ1) is 14.7. The van der Waals surface area contributed by atoms with Crippen LogP contribution in [0.1, 0.15) is 30.3 Å². The van der Waals surface area contributed by atoms with Crippen LogP contribution in [-0.4, -0.2) is 71.9 Å². The van der Waals surface area contributed by atoms with Gasteiger partial charge in [0.25, 0.3) is 0 Å². The van der Waals surface area contributed by atoms with Crippen molar-refractivity contribution in [3.8, 4) is 11.6 Å². The van der Waals surface area contributed by atoms with Crippen LogP contribution in [-0.2, 0) is 6.42 Å². The second kappa shape index (κ2) is 7.79. The lowest BCUT2D eigenvalue weighted by molar-refractivity contribution is 0.212. The number of fused-ring (bicyclic) bond motifs is 1. The van der Waals surface area contributed by atoms with Crippen molar-refractivity contribution < 1.29 is 4.74 Å². The molecule has 0 amide bonds. The van der Waals surface area contributed by atoms with E-state index in [9.17, 15) is 0 Å². The summed E-state index contributed by atoms with van der Waals surface area (Å²) in [5.41, 5.74) is 3.14. The van der Waals surface area contributed by atoms with E-state index in [1.54, 1.807) is 30.3 Å². The van der Waals surface area contributed by atoms with Crippen molar-refractivity contribution in [3.05, 3.63) is 48.3 Å². The molecular weight excluding hydrogens is 382 g/mol. The monoisotopic (exact) mass is 405 g/mol. The van der Waals surface area contributed by atoms with Crippen LogP contribution >= 0.6 is 0 Å². The zero-order valence-corrected chi connectivity index (χ0v) is 17.0. The fourth-order valence-electron chi connectivity index (χ4n) is 3.75. The Kier molecular flexibility index (Phi) is 4.83. The van der Waals surface area contributed by atoms with Crippen LogP contribution in [0.25, 0.3) is 16.9 Å². The molecule has 154 valence electrons.